The van der Waals surface area contributed by atoms with Crippen LogP contribution in [0.15, 0.2) is 30.3 Å². The first-order valence-corrected chi connectivity index (χ1v) is 5.71. The Morgan fingerprint density at radius 1 is 1.27 bits per heavy atom. The molecule has 0 saturated heterocycles. The normalized spacial score (nSPS) is 18.2. The molecule has 0 aromatic heterocycles. The van der Waals surface area contributed by atoms with Crippen LogP contribution < -0.4 is 10.1 Å². The van der Waals surface area contributed by atoms with Gasteiger partial charge in [-0.2, -0.15) is 0 Å². The molecular formula is C13H19NO. The lowest BCUT2D eigenvalue weighted by Gasteiger charge is -2.39. The zero-order valence-electron chi connectivity index (χ0n) is 9.33. The highest BCUT2D eigenvalue weighted by atomic mass is 16.5. The number of para-hydroxylation sites is 1. The number of hydrogen-bond donors (Lipinski definition) is 1. The molecule has 15 heavy (non-hydrogen) atoms. The summed E-state index contributed by atoms with van der Waals surface area (Å²) in [5.41, 5.74) is 0.389. The van der Waals surface area contributed by atoms with Crippen molar-refractivity contribution in [3.8, 4) is 5.75 Å². The highest BCUT2D eigenvalue weighted by molar-refractivity contribution is 5.20. The van der Waals surface area contributed by atoms with Crippen molar-refractivity contribution in [2.24, 2.45) is 0 Å². The third-order valence-electron chi connectivity index (χ3n) is 3.12. The number of nitrogens with one attached hydrogen (secondary N) is 1. The van der Waals surface area contributed by atoms with Crippen LogP contribution in [0.4, 0.5) is 0 Å². The molecular weight excluding hydrogens is 186 g/mol. The molecule has 0 spiro atoms. The van der Waals surface area contributed by atoms with E-state index in [1.807, 2.05) is 30.3 Å². The number of hydrogen-bond acceptors (Lipinski definition) is 2. The third-order valence-corrected chi connectivity index (χ3v) is 3.12. The molecule has 0 heterocycles. The highest BCUT2D eigenvalue weighted by Crippen LogP contribution is 2.30. The Morgan fingerprint density at radius 2 is 2.00 bits per heavy atom. The van der Waals surface area contributed by atoms with Crippen molar-refractivity contribution in [1.29, 1.82) is 0 Å². The summed E-state index contributed by atoms with van der Waals surface area (Å²) >= 11 is 0. The average molecular weight is 205 g/mol. The van der Waals surface area contributed by atoms with E-state index >= 15 is 0 Å². The summed E-state index contributed by atoms with van der Waals surface area (Å²) in [6.45, 7) is 3.98. The minimum absolute atomic E-state index is 0.389. The van der Waals surface area contributed by atoms with Crippen LogP contribution in [0, 0.1) is 0 Å². The van der Waals surface area contributed by atoms with Gasteiger partial charge >= 0.3 is 0 Å². The van der Waals surface area contributed by atoms with Crippen LogP contribution in [-0.4, -0.2) is 18.7 Å². The molecule has 1 aliphatic rings. The standard InChI is InChI=1S/C13H19NO/c1-13(8-5-9-13)14-10-11-15-12-6-3-2-4-7-12/h2-4,6-7,14H,5,8-11H2,1H3. The van der Waals surface area contributed by atoms with Crippen LogP contribution in [0.2, 0.25) is 0 Å². The van der Waals surface area contributed by atoms with Gasteiger partial charge < -0.3 is 10.1 Å². The lowest BCUT2D eigenvalue weighted by molar-refractivity contribution is 0.192. The van der Waals surface area contributed by atoms with E-state index in [1.165, 1.54) is 19.3 Å². The fraction of sp³-hybridized carbons (Fsp3) is 0.538. The van der Waals surface area contributed by atoms with Crippen LogP contribution in [0.25, 0.3) is 0 Å². The number of benzene rings is 1. The lowest BCUT2D eigenvalue weighted by atomic mass is 9.78. The van der Waals surface area contributed by atoms with Crippen molar-refractivity contribution in [2.45, 2.75) is 31.7 Å². The molecule has 1 fully saturated rings. The Bertz CT molecular complexity index is 293. The predicted molar refractivity (Wildman–Crippen MR) is 62.2 cm³/mol. The SMILES string of the molecule is CC1(NCCOc2ccccc2)CCC1. The topological polar surface area (TPSA) is 21.3 Å². The van der Waals surface area contributed by atoms with Gasteiger partial charge in [-0.05, 0) is 38.3 Å². The van der Waals surface area contributed by atoms with Crippen molar-refractivity contribution < 1.29 is 4.74 Å². The van der Waals surface area contributed by atoms with Crippen LogP contribution >= 0.6 is 0 Å². The van der Waals surface area contributed by atoms with E-state index < -0.39 is 0 Å². The van der Waals surface area contributed by atoms with Crippen molar-refractivity contribution >= 4 is 0 Å². The predicted octanol–water partition coefficient (Wildman–Crippen LogP) is 2.60. The monoisotopic (exact) mass is 205 g/mol. The van der Waals surface area contributed by atoms with E-state index in [0.717, 1.165) is 18.9 Å². The minimum Gasteiger partial charge on any atom is -0.492 e. The average Bonchev–Trinajstić information content (AvgIpc) is 2.23. The first kappa shape index (κ1) is 10.5. The van der Waals surface area contributed by atoms with Gasteiger partial charge in [0.2, 0.25) is 0 Å². The van der Waals surface area contributed by atoms with Gasteiger partial charge in [0.15, 0.2) is 0 Å². The van der Waals surface area contributed by atoms with E-state index in [1.54, 1.807) is 0 Å². The molecule has 0 radical (unpaired) electrons. The van der Waals surface area contributed by atoms with E-state index in [4.69, 9.17) is 4.74 Å². The second-order valence-electron chi connectivity index (χ2n) is 4.50. The number of rotatable bonds is 5. The van der Waals surface area contributed by atoms with Gasteiger partial charge in [-0.1, -0.05) is 18.2 Å². The van der Waals surface area contributed by atoms with Crippen molar-refractivity contribution in [2.75, 3.05) is 13.2 Å². The Labute approximate surface area is 91.6 Å². The van der Waals surface area contributed by atoms with Crippen LogP contribution in [0.3, 0.4) is 0 Å². The van der Waals surface area contributed by atoms with Gasteiger partial charge in [0.25, 0.3) is 0 Å². The van der Waals surface area contributed by atoms with E-state index in [2.05, 4.69) is 12.2 Å². The summed E-state index contributed by atoms with van der Waals surface area (Å²) in [6.07, 6.45) is 3.97. The summed E-state index contributed by atoms with van der Waals surface area (Å²) < 4.78 is 5.61. The minimum atomic E-state index is 0.389. The summed E-state index contributed by atoms with van der Waals surface area (Å²) in [6, 6.07) is 9.97. The van der Waals surface area contributed by atoms with Crippen molar-refractivity contribution in [3.63, 3.8) is 0 Å². The first-order valence-electron chi connectivity index (χ1n) is 5.71. The Hall–Kier alpha value is -1.02. The molecule has 1 aliphatic carbocycles. The highest BCUT2D eigenvalue weighted by Gasteiger charge is 2.30. The number of ether oxygens (including phenoxy) is 1. The fourth-order valence-corrected chi connectivity index (χ4v) is 1.92. The lowest BCUT2D eigenvalue weighted by Crippen LogP contribution is -2.49. The molecule has 2 rings (SSSR count). The van der Waals surface area contributed by atoms with Crippen molar-refractivity contribution in [3.05, 3.63) is 30.3 Å². The second-order valence-corrected chi connectivity index (χ2v) is 4.50. The quantitative estimate of drug-likeness (QED) is 0.746. The molecule has 1 saturated carbocycles. The summed E-state index contributed by atoms with van der Waals surface area (Å²) in [4.78, 5) is 0. The van der Waals surface area contributed by atoms with E-state index in [0.29, 0.717) is 5.54 Å². The fourth-order valence-electron chi connectivity index (χ4n) is 1.92. The largest absolute Gasteiger partial charge is 0.492 e. The van der Waals surface area contributed by atoms with Crippen molar-refractivity contribution in [1.82, 2.24) is 5.32 Å². The second kappa shape index (κ2) is 4.67. The smallest absolute Gasteiger partial charge is 0.119 e. The van der Waals surface area contributed by atoms with E-state index in [-0.39, 0.29) is 0 Å². The first-order chi connectivity index (χ1) is 7.29. The van der Waals surface area contributed by atoms with Gasteiger partial charge in [-0.25, -0.2) is 0 Å². The van der Waals surface area contributed by atoms with Gasteiger partial charge in [-0.3, -0.25) is 0 Å². The van der Waals surface area contributed by atoms with Crippen LogP contribution in [0.1, 0.15) is 26.2 Å². The molecule has 0 aliphatic heterocycles. The molecule has 0 amide bonds. The zero-order chi connectivity index (χ0) is 10.6. The molecule has 0 atom stereocenters. The van der Waals surface area contributed by atoms with Gasteiger partial charge in [-0.15, -0.1) is 0 Å². The van der Waals surface area contributed by atoms with Crippen LogP contribution in [0.5, 0.6) is 5.75 Å². The summed E-state index contributed by atoms with van der Waals surface area (Å²) in [5, 5.41) is 3.54. The molecule has 82 valence electrons. The molecule has 2 heteroatoms. The Morgan fingerprint density at radius 3 is 2.60 bits per heavy atom. The van der Waals surface area contributed by atoms with E-state index in [9.17, 15) is 0 Å². The Kier molecular flexibility index (Phi) is 3.27. The maximum atomic E-state index is 5.61. The van der Waals surface area contributed by atoms with Gasteiger partial charge in [0, 0.05) is 12.1 Å². The molecule has 2 nitrogen and oxygen atoms in total. The molecule has 0 bridgehead atoms. The van der Waals surface area contributed by atoms with Gasteiger partial charge in [0.1, 0.15) is 12.4 Å². The maximum absolute atomic E-state index is 5.61. The molecule has 1 aromatic carbocycles. The van der Waals surface area contributed by atoms with Gasteiger partial charge in [0.05, 0.1) is 0 Å². The zero-order valence-corrected chi connectivity index (χ0v) is 9.33. The van der Waals surface area contributed by atoms with Crippen LogP contribution in [-0.2, 0) is 0 Å². The summed E-state index contributed by atoms with van der Waals surface area (Å²) in [7, 11) is 0. The molecule has 1 N–H and O–H groups in total. The Balaban J connectivity index is 1.63. The maximum Gasteiger partial charge on any atom is 0.119 e. The molecule has 0 unspecified atom stereocenters. The third kappa shape index (κ3) is 2.96. The summed E-state index contributed by atoms with van der Waals surface area (Å²) in [5.74, 6) is 0.957. The molecule has 1 aromatic rings.